The van der Waals surface area contributed by atoms with Crippen LogP contribution in [0.4, 0.5) is 24.5 Å². The van der Waals surface area contributed by atoms with Gasteiger partial charge in [-0.05, 0) is 37.5 Å². The highest BCUT2D eigenvalue weighted by Gasteiger charge is 2.30. The molecule has 0 heterocycles. The standard InChI is InChI=1S/C13H19F3N2O/c1-18(7-3-2-4-8-19)12-6-5-10(9-11(12)17)13(14,15)16/h5-6,9,19H,2-4,7-8,17H2,1H3. The van der Waals surface area contributed by atoms with Crippen LogP contribution < -0.4 is 10.6 Å². The summed E-state index contributed by atoms with van der Waals surface area (Å²) in [6.45, 7) is 0.849. The molecular formula is C13H19F3N2O. The maximum Gasteiger partial charge on any atom is 0.416 e. The predicted octanol–water partition coefficient (Wildman–Crippen LogP) is 2.89. The third kappa shape index (κ3) is 4.63. The average molecular weight is 276 g/mol. The molecule has 0 bridgehead atoms. The molecule has 0 amide bonds. The Morgan fingerprint density at radius 3 is 2.42 bits per heavy atom. The summed E-state index contributed by atoms with van der Waals surface area (Å²) >= 11 is 0. The minimum absolute atomic E-state index is 0.125. The van der Waals surface area contributed by atoms with Crippen molar-refractivity contribution in [1.29, 1.82) is 0 Å². The number of hydrogen-bond donors (Lipinski definition) is 2. The van der Waals surface area contributed by atoms with Crippen LogP contribution in [0.15, 0.2) is 18.2 Å². The van der Waals surface area contributed by atoms with Crippen LogP contribution in [0.25, 0.3) is 0 Å². The van der Waals surface area contributed by atoms with Gasteiger partial charge in [0, 0.05) is 20.2 Å². The first-order valence-corrected chi connectivity index (χ1v) is 6.15. The summed E-state index contributed by atoms with van der Waals surface area (Å²) in [5, 5.41) is 8.66. The number of rotatable bonds is 6. The summed E-state index contributed by atoms with van der Waals surface area (Å²) in [4.78, 5) is 1.83. The zero-order chi connectivity index (χ0) is 14.5. The van der Waals surface area contributed by atoms with Crippen molar-refractivity contribution >= 4 is 11.4 Å². The summed E-state index contributed by atoms with van der Waals surface area (Å²) in [6.07, 6.45) is -1.90. The third-order valence-corrected chi connectivity index (χ3v) is 2.92. The Labute approximate surface area is 110 Å². The number of hydrogen-bond acceptors (Lipinski definition) is 3. The van der Waals surface area contributed by atoms with Crippen molar-refractivity contribution in [3.05, 3.63) is 23.8 Å². The normalized spacial score (nSPS) is 11.6. The van der Waals surface area contributed by atoms with Crippen LogP contribution in [-0.4, -0.2) is 25.3 Å². The van der Waals surface area contributed by atoms with Gasteiger partial charge in [-0.2, -0.15) is 13.2 Å². The van der Waals surface area contributed by atoms with Gasteiger partial charge in [-0.25, -0.2) is 0 Å². The lowest BCUT2D eigenvalue weighted by molar-refractivity contribution is -0.137. The molecule has 19 heavy (non-hydrogen) atoms. The van der Waals surface area contributed by atoms with Gasteiger partial charge in [0.15, 0.2) is 0 Å². The first-order valence-electron chi connectivity index (χ1n) is 6.15. The minimum atomic E-state index is -4.37. The smallest absolute Gasteiger partial charge is 0.397 e. The largest absolute Gasteiger partial charge is 0.416 e. The number of anilines is 2. The number of alkyl halides is 3. The van der Waals surface area contributed by atoms with Crippen LogP contribution >= 0.6 is 0 Å². The maximum atomic E-state index is 12.5. The number of nitrogens with two attached hydrogens (primary N) is 1. The quantitative estimate of drug-likeness (QED) is 0.620. The van der Waals surface area contributed by atoms with Crippen LogP contribution in [0, 0.1) is 0 Å². The van der Waals surface area contributed by atoms with Gasteiger partial charge in [-0.1, -0.05) is 0 Å². The van der Waals surface area contributed by atoms with E-state index in [-0.39, 0.29) is 12.3 Å². The number of benzene rings is 1. The second-order valence-corrected chi connectivity index (χ2v) is 4.48. The van der Waals surface area contributed by atoms with Gasteiger partial charge < -0.3 is 15.7 Å². The monoisotopic (exact) mass is 276 g/mol. The van der Waals surface area contributed by atoms with E-state index in [4.69, 9.17) is 10.8 Å². The Kier molecular flexibility index (Phi) is 5.47. The van der Waals surface area contributed by atoms with Gasteiger partial charge in [0.25, 0.3) is 0 Å². The lowest BCUT2D eigenvalue weighted by atomic mass is 10.1. The van der Waals surface area contributed by atoms with E-state index in [1.807, 2.05) is 4.90 Å². The summed E-state index contributed by atoms with van der Waals surface area (Å²) < 4.78 is 37.5. The molecule has 1 aromatic rings. The molecule has 0 aliphatic heterocycles. The van der Waals surface area contributed by atoms with Gasteiger partial charge in [0.2, 0.25) is 0 Å². The molecule has 0 saturated heterocycles. The fraction of sp³-hybridized carbons (Fsp3) is 0.538. The van der Waals surface area contributed by atoms with E-state index in [0.717, 1.165) is 31.4 Å². The lowest BCUT2D eigenvalue weighted by Crippen LogP contribution is -2.20. The molecule has 0 spiro atoms. The Hall–Kier alpha value is -1.43. The molecule has 0 fully saturated rings. The predicted molar refractivity (Wildman–Crippen MR) is 70.1 cm³/mol. The van der Waals surface area contributed by atoms with E-state index in [1.165, 1.54) is 6.07 Å². The number of halogens is 3. The summed E-state index contributed by atoms with van der Waals surface area (Å²) in [5.41, 5.74) is 5.65. The molecule has 1 aromatic carbocycles. The SMILES string of the molecule is CN(CCCCCO)c1ccc(C(F)(F)F)cc1N. The van der Waals surface area contributed by atoms with Crippen molar-refractivity contribution in [1.82, 2.24) is 0 Å². The van der Waals surface area contributed by atoms with Gasteiger partial charge in [-0.15, -0.1) is 0 Å². The van der Waals surface area contributed by atoms with Gasteiger partial charge in [0.1, 0.15) is 0 Å². The first-order chi connectivity index (χ1) is 8.86. The fourth-order valence-corrected chi connectivity index (χ4v) is 1.84. The molecule has 3 nitrogen and oxygen atoms in total. The van der Waals surface area contributed by atoms with Crippen molar-refractivity contribution in [2.24, 2.45) is 0 Å². The molecular weight excluding hydrogens is 257 g/mol. The Morgan fingerprint density at radius 1 is 1.21 bits per heavy atom. The van der Waals surface area contributed by atoms with Crippen LogP contribution in [0.1, 0.15) is 24.8 Å². The summed E-state index contributed by atoms with van der Waals surface area (Å²) in [5.74, 6) is 0. The van der Waals surface area contributed by atoms with Crippen LogP contribution in [0.3, 0.4) is 0 Å². The van der Waals surface area contributed by atoms with E-state index >= 15 is 0 Å². The van der Waals surface area contributed by atoms with Gasteiger partial charge in [0.05, 0.1) is 16.9 Å². The first kappa shape index (κ1) is 15.6. The van der Waals surface area contributed by atoms with E-state index in [0.29, 0.717) is 12.2 Å². The second-order valence-electron chi connectivity index (χ2n) is 4.48. The molecule has 0 atom stereocenters. The highest BCUT2D eigenvalue weighted by atomic mass is 19.4. The van der Waals surface area contributed by atoms with Crippen molar-refractivity contribution in [3.8, 4) is 0 Å². The van der Waals surface area contributed by atoms with Crippen molar-refractivity contribution in [3.63, 3.8) is 0 Å². The van der Waals surface area contributed by atoms with Crippen LogP contribution in [0.2, 0.25) is 0 Å². The molecule has 0 radical (unpaired) electrons. The maximum absolute atomic E-state index is 12.5. The van der Waals surface area contributed by atoms with Gasteiger partial charge in [-0.3, -0.25) is 0 Å². The molecule has 0 aliphatic rings. The number of nitrogen functional groups attached to an aromatic ring is 1. The zero-order valence-corrected chi connectivity index (χ0v) is 10.9. The number of unbranched alkanes of at least 4 members (excludes halogenated alkanes) is 2. The number of nitrogens with zero attached hydrogens (tertiary/aromatic N) is 1. The molecule has 6 heteroatoms. The van der Waals surface area contributed by atoms with Gasteiger partial charge >= 0.3 is 6.18 Å². The summed E-state index contributed by atoms with van der Waals surface area (Å²) in [6, 6.07) is 3.39. The second kappa shape index (κ2) is 6.65. The van der Waals surface area contributed by atoms with Crippen molar-refractivity contribution in [2.75, 3.05) is 30.8 Å². The number of aliphatic hydroxyl groups is 1. The van der Waals surface area contributed by atoms with E-state index < -0.39 is 11.7 Å². The lowest BCUT2D eigenvalue weighted by Gasteiger charge is -2.22. The van der Waals surface area contributed by atoms with Crippen LogP contribution in [0.5, 0.6) is 0 Å². The molecule has 1 rings (SSSR count). The van der Waals surface area contributed by atoms with E-state index in [1.54, 1.807) is 7.05 Å². The molecule has 0 aromatic heterocycles. The third-order valence-electron chi connectivity index (χ3n) is 2.92. The molecule has 0 unspecified atom stereocenters. The highest BCUT2D eigenvalue weighted by molar-refractivity contribution is 5.68. The molecule has 0 aliphatic carbocycles. The number of aliphatic hydroxyl groups excluding tert-OH is 1. The zero-order valence-electron chi connectivity index (χ0n) is 10.9. The summed E-state index contributed by atoms with van der Waals surface area (Å²) in [7, 11) is 1.79. The Balaban J connectivity index is 2.68. The molecule has 3 N–H and O–H groups in total. The Morgan fingerprint density at radius 2 is 1.89 bits per heavy atom. The van der Waals surface area contributed by atoms with Crippen molar-refractivity contribution in [2.45, 2.75) is 25.4 Å². The van der Waals surface area contributed by atoms with E-state index in [9.17, 15) is 13.2 Å². The average Bonchev–Trinajstić information content (AvgIpc) is 2.33. The van der Waals surface area contributed by atoms with Crippen molar-refractivity contribution < 1.29 is 18.3 Å². The van der Waals surface area contributed by atoms with E-state index in [2.05, 4.69) is 0 Å². The minimum Gasteiger partial charge on any atom is -0.397 e. The van der Waals surface area contributed by atoms with Crippen LogP contribution in [-0.2, 0) is 6.18 Å². The molecule has 0 saturated carbocycles. The topological polar surface area (TPSA) is 49.5 Å². The fourth-order valence-electron chi connectivity index (χ4n) is 1.84. The molecule has 108 valence electrons. The highest BCUT2D eigenvalue weighted by Crippen LogP contribution is 2.33. The Bertz CT molecular complexity index is 407.